The Morgan fingerprint density at radius 1 is 0.519 bits per heavy atom. The minimum atomic E-state index is 0.482. The largest absolute Gasteiger partial charge is 0.493 e. The number of allylic oxidation sites excluding steroid dienone is 1. The lowest BCUT2D eigenvalue weighted by Gasteiger charge is -2.13. The second kappa shape index (κ2) is 21.7. The third-order valence-corrected chi connectivity index (χ3v) is 4.07. The summed E-state index contributed by atoms with van der Waals surface area (Å²) in [6.07, 6.45) is 8.59. The van der Waals surface area contributed by atoms with Gasteiger partial charge in [0.15, 0.2) is 0 Å². The van der Waals surface area contributed by atoms with Gasteiger partial charge in [-0.15, -0.1) is 0 Å². The summed E-state index contributed by atoms with van der Waals surface area (Å²) in [5.41, 5.74) is 1.14. The molecule has 0 atom stereocenters. The molecule has 0 aliphatic carbocycles. The van der Waals surface area contributed by atoms with E-state index in [1.807, 2.05) is 13.8 Å². The molecule has 0 bridgehead atoms. The zero-order chi connectivity index (χ0) is 20.0. The SMILES string of the molecule is CCCCCCCOCCOC(COCCOCCOCCCC)=C(C)C. The molecule has 0 heterocycles. The summed E-state index contributed by atoms with van der Waals surface area (Å²) in [5, 5.41) is 0. The molecule has 162 valence electrons. The predicted molar refractivity (Wildman–Crippen MR) is 111 cm³/mol. The quantitative estimate of drug-likeness (QED) is 0.201. The van der Waals surface area contributed by atoms with Crippen molar-refractivity contribution in [1.29, 1.82) is 0 Å². The van der Waals surface area contributed by atoms with Crippen LogP contribution in [0.15, 0.2) is 11.3 Å². The Morgan fingerprint density at radius 2 is 1.04 bits per heavy atom. The molecule has 5 heteroatoms. The molecule has 5 nitrogen and oxygen atoms in total. The first-order chi connectivity index (χ1) is 13.2. The molecule has 0 amide bonds. The van der Waals surface area contributed by atoms with Crippen LogP contribution in [0.4, 0.5) is 0 Å². The molecular formula is C22H44O5. The zero-order valence-corrected chi connectivity index (χ0v) is 18.4. The van der Waals surface area contributed by atoms with Gasteiger partial charge in [-0.05, 0) is 32.3 Å². The van der Waals surface area contributed by atoms with Crippen LogP contribution in [-0.2, 0) is 23.7 Å². The number of hydrogen-bond acceptors (Lipinski definition) is 5. The Morgan fingerprint density at radius 3 is 1.67 bits per heavy atom. The van der Waals surface area contributed by atoms with Crippen molar-refractivity contribution in [1.82, 2.24) is 0 Å². The van der Waals surface area contributed by atoms with Crippen LogP contribution >= 0.6 is 0 Å². The van der Waals surface area contributed by atoms with Gasteiger partial charge in [0, 0.05) is 13.2 Å². The highest BCUT2D eigenvalue weighted by molar-refractivity contribution is 5.02. The zero-order valence-electron chi connectivity index (χ0n) is 18.4. The molecule has 0 aliphatic rings. The number of hydrogen-bond donors (Lipinski definition) is 0. The van der Waals surface area contributed by atoms with E-state index in [2.05, 4.69) is 13.8 Å². The fourth-order valence-electron chi connectivity index (χ4n) is 2.31. The molecular weight excluding hydrogens is 344 g/mol. The van der Waals surface area contributed by atoms with Crippen LogP contribution < -0.4 is 0 Å². The van der Waals surface area contributed by atoms with Crippen LogP contribution in [0.3, 0.4) is 0 Å². The van der Waals surface area contributed by atoms with Gasteiger partial charge in [-0.1, -0.05) is 46.0 Å². The van der Waals surface area contributed by atoms with Gasteiger partial charge < -0.3 is 23.7 Å². The van der Waals surface area contributed by atoms with Crippen molar-refractivity contribution in [2.24, 2.45) is 0 Å². The number of ether oxygens (including phenoxy) is 5. The van der Waals surface area contributed by atoms with E-state index >= 15 is 0 Å². The highest BCUT2D eigenvalue weighted by Gasteiger charge is 2.02. The molecule has 0 aromatic carbocycles. The van der Waals surface area contributed by atoms with E-state index < -0.39 is 0 Å². The van der Waals surface area contributed by atoms with Gasteiger partial charge in [-0.2, -0.15) is 0 Å². The molecule has 27 heavy (non-hydrogen) atoms. The Kier molecular flexibility index (Phi) is 21.2. The van der Waals surface area contributed by atoms with Gasteiger partial charge in [-0.25, -0.2) is 0 Å². The first-order valence-corrected chi connectivity index (χ1v) is 10.8. The van der Waals surface area contributed by atoms with Gasteiger partial charge in [0.25, 0.3) is 0 Å². The van der Waals surface area contributed by atoms with Gasteiger partial charge >= 0.3 is 0 Å². The van der Waals surface area contributed by atoms with Crippen LogP contribution in [0.1, 0.15) is 72.6 Å². The van der Waals surface area contributed by atoms with Gasteiger partial charge in [0.05, 0.1) is 33.0 Å². The lowest BCUT2D eigenvalue weighted by atomic mass is 10.2. The van der Waals surface area contributed by atoms with Crippen molar-refractivity contribution in [3.63, 3.8) is 0 Å². The summed E-state index contributed by atoms with van der Waals surface area (Å²) in [6, 6.07) is 0. The Bertz CT molecular complexity index is 327. The van der Waals surface area contributed by atoms with E-state index in [-0.39, 0.29) is 0 Å². The van der Waals surface area contributed by atoms with E-state index in [0.717, 1.165) is 43.8 Å². The predicted octanol–water partition coefficient (Wildman–Crippen LogP) is 5.13. The van der Waals surface area contributed by atoms with Gasteiger partial charge in [0.2, 0.25) is 0 Å². The highest BCUT2D eigenvalue weighted by atomic mass is 16.6. The monoisotopic (exact) mass is 388 g/mol. The van der Waals surface area contributed by atoms with Crippen molar-refractivity contribution < 1.29 is 23.7 Å². The molecule has 0 saturated carbocycles. The second-order valence-corrected chi connectivity index (χ2v) is 6.93. The van der Waals surface area contributed by atoms with Crippen LogP contribution in [-0.4, -0.2) is 59.5 Å². The average Bonchev–Trinajstić information content (AvgIpc) is 2.66. The third-order valence-electron chi connectivity index (χ3n) is 4.07. The molecule has 0 rings (SSSR count). The summed E-state index contributed by atoms with van der Waals surface area (Å²) in [5.74, 6) is 0.893. The lowest BCUT2D eigenvalue weighted by Crippen LogP contribution is -2.13. The van der Waals surface area contributed by atoms with E-state index in [1.165, 1.54) is 25.7 Å². The average molecular weight is 389 g/mol. The van der Waals surface area contributed by atoms with Crippen molar-refractivity contribution in [3.8, 4) is 0 Å². The van der Waals surface area contributed by atoms with E-state index in [4.69, 9.17) is 23.7 Å². The highest BCUT2D eigenvalue weighted by Crippen LogP contribution is 2.06. The lowest BCUT2D eigenvalue weighted by molar-refractivity contribution is 0.00699. The smallest absolute Gasteiger partial charge is 0.120 e. The summed E-state index contributed by atoms with van der Waals surface area (Å²) >= 11 is 0. The van der Waals surface area contributed by atoms with Crippen LogP contribution in [0, 0.1) is 0 Å². The minimum absolute atomic E-state index is 0.482. The molecule has 0 aliphatic heterocycles. The maximum Gasteiger partial charge on any atom is 0.120 e. The summed E-state index contributed by atoms with van der Waals surface area (Å²) in [6.45, 7) is 14.2. The molecule has 0 spiro atoms. The number of rotatable bonds is 21. The Labute approximate surface area is 167 Å². The maximum absolute atomic E-state index is 5.80. The third kappa shape index (κ3) is 19.9. The molecule has 0 aromatic rings. The summed E-state index contributed by atoms with van der Waals surface area (Å²) < 4.78 is 28.0. The molecule has 0 unspecified atom stereocenters. The van der Waals surface area contributed by atoms with Crippen molar-refractivity contribution in [2.75, 3.05) is 59.5 Å². The topological polar surface area (TPSA) is 46.2 Å². The normalized spacial score (nSPS) is 11.0. The molecule has 0 saturated heterocycles. The first kappa shape index (κ1) is 26.4. The molecule has 0 N–H and O–H groups in total. The summed E-state index contributed by atoms with van der Waals surface area (Å²) in [7, 11) is 0. The van der Waals surface area contributed by atoms with Crippen LogP contribution in [0.5, 0.6) is 0 Å². The molecule has 0 aromatic heterocycles. The molecule has 0 fully saturated rings. The fraction of sp³-hybridized carbons (Fsp3) is 0.909. The maximum atomic E-state index is 5.80. The van der Waals surface area contributed by atoms with Crippen molar-refractivity contribution in [2.45, 2.75) is 72.6 Å². The summed E-state index contributed by atoms with van der Waals surface area (Å²) in [4.78, 5) is 0. The Balaban J connectivity index is 3.49. The standard InChI is InChI=1S/C22H44O5/c1-5-7-9-10-11-13-24-18-19-27-22(21(3)4)20-26-17-16-25-15-14-23-12-8-6-2/h5-20H2,1-4H3. The Hall–Kier alpha value is -0.620. The van der Waals surface area contributed by atoms with Gasteiger partial charge in [-0.3, -0.25) is 0 Å². The van der Waals surface area contributed by atoms with Crippen molar-refractivity contribution >= 4 is 0 Å². The van der Waals surface area contributed by atoms with E-state index in [1.54, 1.807) is 0 Å². The van der Waals surface area contributed by atoms with E-state index in [9.17, 15) is 0 Å². The number of unbranched alkanes of at least 4 members (excludes halogenated alkanes) is 5. The van der Waals surface area contributed by atoms with E-state index in [0.29, 0.717) is 46.2 Å². The second-order valence-electron chi connectivity index (χ2n) is 6.93. The van der Waals surface area contributed by atoms with Gasteiger partial charge in [0.1, 0.15) is 19.0 Å². The van der Waals surface area contributed by atoms with Crippen LogP contribution in [0.25, 0.3) is 0 Å². The molecule has 0 radical (unpaired) electrons. The minimum Gasteiger partial charge on any atom is -0.493 e. The van der Waals surface area contributed by atoms with Crippen LogP contribution in [0.2, 0.25) is 0 Å². The fourth-order valence-corrected chi connectivity index (χ4v) is 2.31. The first-order valence-electron chi connectivity index (χ1n) is 10.8. The van der Waals surface area contributed by atoms with Crippen molar-refractivity contribution in [3.05, 3.63) is 11.3 Å².